The fourth-order valence-electron chi connectivity index (χ4n) is 2.71. The van der Waals surface area contributed by atoms with Crippen LogP contribution in [0.1, 0.15) is 5.56 Å². The molecule has 0 aliphatic carbocycles. The fraction of sp³-hybridized carbons (Fsp3) is 0. The van der Waals surface area contributed by atoms with Crippen molar-refractivity contribution < 1.29 is 22.4 Å². The van der Waals surface area contributed by atoms with Gasteiger partial charge >= 0.3 is 0 Å². The van der Waals surface area contributed by atoms with Gasteiger partial charge in [0, 0.05) is 27.9 Å². The summed E-state index contributed by atoms with van der Waals surface area (Å²) in [5.41, 5.74) is 0.938. The Labute approximate surface area is 184 Å². The van der Waals surface area contributed by atoms with E-state index in [2.05, 4.69) is 96.9 Å². The fourth-order valence-corrected chi connectivity index (χ4v) is 5.02. The second kappa shape index (κ2) is 12.1. The van der Waals surface area contributed by atoms with E-state index in [4.69, 9.17) is 6.42 Å². The number of terminal acetylenes is 1. The monoisotopic (exact) mass is 561 g/mol. The van der Waals surface area contributed by atoms with E-state index in [1.54, 1.807) is 0 Å². The second-order valence-corrected chi connectivity index (χ2v) is 8.07. The Kier molecular flexibility index (Phi) is 9.50. The molecule has 4 aromatic rings. The zero-order valence-electron chi connectivity index (χ0n) is 15.4. The summed E-state index contributed by atoms with van der Waals surface area (Å²) in [5, 5.41) is 4.19. The van der Waals surface area contributed by atoms with Crippen LogP contribution in [0.2, 0.25) is 0 Å². The molecule has 4 rings (SSSR count). The van der Waals surface area contributed by atoms with Gasteiger partial charge < -0.3 is 0 Å². The van der Waals surface area contributed by atoms with Gasteiger partial charge in [0.15, 0.2) is 0 Å². The van der Waals surface area contributed by atoms with Crippen LogP contribution in [-0.4, -0.2) is 0 Å². The molecule has 0 amide bonds. The Morgan fingerprint density at radius 2 is 0.750 bits per heavy atom. The number of hydrogen-bond donors (Lipinski definition) is 0. The standard InChI is InChI=1S/C18H15P.C8H6.Au/c1-4-10-16(11-5-1)19(17-12-6-2-7-13-17)18-14-8-3-9-15-18;1-2-8-6-4-3-5-7-8;/h1-15H;1,3-7H;. The van der Waals surface area contributed by atoms with Crippen LogP contribution in [0.25, 0.3) is 0 Å². The van der Waals surface area contributed by atoms with Crippen LogP contribution < -0.4 is 15.9 Å². The molecule has 0 saturated carbocycles. The first kappa shape index (κ1) is 21.9. The first-order valence-electron chi connectivity index (χ1n) is 8.85. The largest absolute Gasteiger partial charge is 0.115 e. The van der Waals surface area contributed by atoms with Crippen molar-refractivity contribution in [1.82, 2.24) is 0 Å². The van der Waals surface area contributed by atoms with E-state index in [1.807, 2.05) is 30.3 Å². The van der Waals surface area contributed by atoms with E-state index in [9.17, 15) is 0 Å². The molecule has 0 fully saturated rings. The summed E-state index contributed by atoms with van der Waals surface area (Å²) in [6.07, 6.45) is 5.10. The average Bonchev–Trinajstić information content (AvgIpc) is 2.77. The van der Waals surface area contributed by atoms with Crippen molar-refractivity contribution in [3.05, 3.63) is 127 Å². The van der Waals surface area contributed by atoms with Crippen LogP contribution in [0.5, 0.6) is 0 Å². The molecule has 4 aromatic carbocycles. The van der Waals surface area contributed by atoms with Crippen LogP contribution in [0.3, 0.4) is 0 Å². The van der Waals surface area contributed by atoms with Crippen molar-refractivity contribution in [2.75, 3.05) is 0 Å². The minimum Gasteiger partial charge on any atom is -0.115 e. The van der Waals surface area contributed by atoms with Gasteiger partial charge in [0.1, 0.15) is 0 Å². The van der Waals surface area contributed by atoms with Gasteiger partial charge in [-0.1, -0.05) is 115 Å². The average molecular weight is 561 g/mol. The normalized spacial score (nSPS) is 9.43. The molecule has 0 atom stereocenters. The predicted molar refractivity (Wildman–Crippen MR) is 120 cm³/mol. The van der Waals surface area contributed by atoms with Crippen LogP contribution >= 0.6 is 7.92 Å². The molecule has 0 aromatic heterocycles. The van der Waals surface area contributed by atoms with E-state index >= 15 is 0 Å². The Balaban J connectivity index is 0.000000264. The summed E-state index contributed by atoms with van der Waals surface area (Å²) in [6.45, 7) is 0. The molecule has 0 saturated heterocycles. The Morgan fingerprint density at radius 1 is 0.464 bits per heavy atom. The molecule has 0 unspecified atom stereocenters. The maximum absolute atomic E-state index is 5.10. The van der Waals surface area contributed by atoms with Crippen LogP contribution in [-0.2, 0) is 22.4 Å². The molecule has 141 valence electrons. The van der Waals surface area contributed by atoms with E-state index in [0.717, 1.165) is 5.56 Å². The third-order valence-corrected chi connectivity index (χ3v) is 6.43. The van der Waals surface area contributed by atoms with Crippen molar-refractivity contribution >= 4 is 23.8 Å². The van der Waals surface area contributed by atoms with Gasteiger partial charge in [-0.05, 0) is 36.0 Å². The predicted octanol–water partition coefficient (Wildman–Crippen LogP) is 5.11. The van der Waals surface area contributed by atoms with Crippen molar-refractivity contribution in [2.45, 2.75) is 0 Å². The van der Waals surface area contributed by atoms with Crippen molar-refractivity contribution in [1.29, 1.82) is 0 Å². The molecule has 0 nitrogen and oxygen atoms in total. The molecule has 28 heavy (non-hydrogen) atoms. The van der Waals surface area contributed by atoms with E-state index in [1.165, 1.54) is 15.9 Å². The van der Waals surface area contributed by atoms with Crippen molar-refractivity contribution in [3.8, 4) is 12.3 Å². The Hall–Kier alpha value is -2.39. The summed E-state index contributed by atoms with van der Waals surface area (Å²) in [5.74, 6) is 2.53. The topological polar surface area (TPSA) is 0 Å². The van der Waals surface area contributed by atoms with Gasteiger partial charge in [0.25, 0.3) is 0 Å². The van der Waals surface area contributed by atoms with Gasteiger partial charge in [-0.2, -0.15) is 0 Å². The molecular weight excluding hydrogens is 540 g/mol. The summed E-state index contributed by atoms with van der Waals surface area (Å²) in [7, 11) is -0.446. The van der Waals surface area contributed by atoms with Crippen LogP contribution in [0.4, 0.5) is 0 Å². The summed E-state index contributed by atoms with van der Waals surface area (Å²) < 4.78 is 0. The molecule has 0 bridgehead atoms. The molecule has 0 aliphatic heterocycles. The van der Waals surface area contributed by atoms with Crippen LogP contribution in [0.15, 0.2) is 121 Å². The minimum absolute atomic E-state index is 0. The molecule has 2 heteroatoms. The quantitative estimate of drug-likeness (QED) is 0.185. The van der Waals surface area contributed by atoms with Gasteiger partial charge in [0.05, 0.1) is 0 Å². The minimum atomic E-state index is -0.446. The number of benzene rings is 4. The van der Waals surface area contributed by atoms with Crippen LogP contribution in [0, 0.1) is 12.3 Å². The molecule has 0 N–H and O–H groups in total. The molecule has 0 heterocycles. The SMILES string of the molecule is C#Cc1ccccc1.[Au].c1ccc(P(c2ccccc2)c2ccccc2)cc1. The van der Waals surface area contributed by atoms with Crippen molar-refractivity contribution in [2.24, 2.45) is 0 Å². The van der Waals surface area contributed by atoms with Gasteiger partial charge in [-0.25, -0.2) is 0 Å². The summed E-state index contributed by atoms with van der Waals surface area (Å²) in [4.78, 5) is 0. The second-order valence-electron chi connectivity index (χ2n) is 5.85. The summed E-state index contributed by atoms with van der Waals surface area (Å²) >= 11 is 0. The molecule has 0 aliphatic rings. The Bertz CT molecular complexity index is 868. The molecule has 1 radical (unpaired) electrons. The molecular formula is C26H21AuP. The number of hydrogen-bond acceptors (Lipinski definition) is 0. The zero-order chi connectivity index (χ0) is 18.7. The third kappa shape index (κ3) is 6.35. The summed E-state index contributed by atoms with van der Waals surface area (Å²) in [6, 6.07) is 41.9. The van der Waals surface area contributed by atoms with E-state index in [-0.39, 0.29) is 22.4 Å². The zero-order valence-corrected chi connectivity index (χ0v) is 18.4. The third-order valence-electron chi connectivity index (χ3n) is 3.98. The first-order chi connectivity index (χ1) is 13.4. The van der Waals surface area contributed by atoms with E-state index in [0.29, 0.717) is 0 Å². The van der Waals surface area contributed by atoms with Gasteiger partial charge in [-0.3, -0.25) is 0 Å². The maximum atomic E-state index is 5.10. The van der Waals surface area contributed by atoms with E-state index < -0.39 is 7.92 Å². The maximum Gasteiger partial charge on any atom is 0.0242 e. The Morgan fingerprint density at radius 3 is 1.00 bits per heavy atom. The van der Waals surface area contributed by atoms with Crippen molar-refractivity contribution in [3.63, 3.8) is 0 Å². The number of rotatable bonds is 3. The van der Waals surface area contributed by atoms with Gasteiger partial charge in [0.2, 0.25) is 0 Å². The molecule has 0 spiro atoms. The first-order valence-corrected chi connectivity index (χ1v) is 10.2. The van der Waals surface area contributed by atoms with Gasteiger partial charge in [-0.15, -0.1) is 6.42 Å². The smallest absolute Gasteiger partial charge is 0.0242 e.